The van der Waals surface area contributed by atoms with Gasteiger partial charge in [-0.1, -0.05) is 54.6 Å². The monoisotopic (exact) mass is 445 g/mol. The maximum Gasteiger partial charge on any atom is 0.129 e. The zero-order chi connectivity index (χ0) is 22.8. The zero-order valence-electron chi connectivity index (χ0n) is 19.0. The Morgan fingerprint density at radius 1 is 1.00 bits per heavy atom. The summed E-state index contributed by atoms with van der Waals surface area (Å²) in [6.07, 6.45) is 1.18. The van der Waals surface area contributed by atoms with Gasteiger partial charge < -0.3 is 24.6 Å². The molecule has 2 aliphatic heterocycles. The second kappa shape index (κ2) is 9.18. The molecule has 2 N–H and O–H groups in total. The molecule has 33 heavy (non-hydrogen) atoms. The number of benzene rings is 3. The molecule has 5 rings (SSSR count). The minimum absolute atomic E-state index is 0.364. The summed E-state index contributed by atoms with van der Waals surface area (Å²) in [5, 5.41) is 21.6. The Kier molecular flexibility index (Phi) is 6.11. The van der Waals surface area contributed by atoms with Crippen molar-refractivity contribution in [2.75, 3.05) is 26.7 Å². The van der Waals surface area contributed by atoms with Crippen molar-refractivity contribution >= 4 is 0 Å². The number of piperidine rings is 1. The molecule has 172 valence electrons. The SMILES string of the molecule is COc1ccc2c(c1)OC1(CCN(CC(O)c3ccc(-c4ccccc4)cc3)CC1)CC2O. The number of nitrogens with zero attached hydrogens (tertiary/aromatic N) is 1. The van der Waals surface area contributed by atoms with E-state index in [-0.39, 0.29) is 5.60 Å². The number of aliphatic hydroxyl groups excluding tert-OH is 2. The van der Waals surface area contributed by atoms with Crippen molar-refractivity contribution in [3.8, 4) is 22.6 Å². The van der Waals surface area contributed by atoms with E-state index in [4.69, 9.17) is 9.47 Å². The molecule has 0 bridgehead atoms. The molecule has 2 aliphatic rings. The molecule has 1 saturated heterocycles. The fourth-order valence-corrected chi connectivity index (χ4v) is 5.07. The van der Waals surface area contributed by atoms with Crippen LogP contribution in [0.5, 0.6) is 11.5 Å². The van der Waals surface area contributed by atoms with Gasteiger partial charge in [0, 0.05) is 37.7 Å². The smallest absolute Gasteiger partial charge is 0.129 e. The second-order valence-corrected chi connectivity index (χ2v) is 9.21. The summed E-state index contributed by atoms with van der Waals surface area (Å²) in [5.74, 6) is 1.46. The highest BCUT2D eigenvalue weighted by Gasteiger charge is 2.43. The molecule has 0 saturated carbocycles. The Bertz CT molecular complexity index is 1070. The highest BCUT2D eigenvalue weighted by Crippen LogP contribution is 2.45. The first-order valence-electron chi connectivity index (χ1n) is 11.7. The summed E-state index contributed by atoms with van der Waals surface area (Å²) in [6, 6.07) is 24.1. The fourth-order valence-electron chi connectivity index (χ4n) is 5.07. The molecule has 1 fully saturated rings. The quantitative estimate of drug-likeness (QED) is 0.594. The van der Waals surface area contributed by atoms with Crippen molar-refractivity contribution in [2.24, 2.45) is 0 Å². The number of hydrogen-bond donors (Lipinski definition) is 2. The van der Waals surface area contributed by atoms with Crippen LogP contribution in [0.3, 0.4) is 0 Å². The number of fused-ring (bicyclic) bond motifs is 1. The first kappa shape index (κ1) is 22.0. The molecule has 0 amide bonds. The lowest BCUT2D eigenvalue weighted by Gasteiger charge is -2.46. The molecule has 1 spiro atoms. The molecule has 3 aromatic rings. The molecule has 3 aromatic carbocycles. The van der Waals surface area contributed by atoms with Crippen LogP contribution in [-0.2, 0) is 0 Å². The molecule has 5 nitrogen and oxygen atoms in total. The predicted octanol–water partition coefficient (Wildman–Crippen LogP) is 4.75. The fraction of sp³-hybridized carbons (Fsp3) is 0.357. The summed E-state index contributed by atoms with van der Waals surface area (Å²) < 4.78 is 11.8. The summed E-state index contributed by atoms with van der Waals surface area (Å²) in [6.45, 7) is 2.24. The van der Waals surface area contributed by atoms with Crippen molar-refractivity contribution in [1.29, 1.82) is 0 Å². The highest BCUT2D eigenvalue weighted by atomic mass is 16.5. The van der Waals surface area contributed by atoms with E-state index in [2.05, 4.69) is 29.2 Å². The van der Waals surface area contributed by atoms with Crippen molar-refractivity contribution in [3.63, 3.8) is 0 Å². The minimum atomic E-state index is -0.535. The van der Waals surface area contributed by atoms with Gasteiger partial charge in [-0.05, 0) is 41.7 Å². The molecule has 2 atom stereocenters. The van der Waals surface area contributed by atoms with Gasteiger partial charge in [0.25, 0.3) is 0 Å². The van der Waals surface area contributed by atoms with Crippen molar-refractivity contribution < 1.29 is 19.7 Å². The Morgan fingerprint density at radius 3 is 2.39 bits per heavy atom. The standard InChI is InChI=1S/C28H31NO4/c1-32-23-11-12-24-25(30)18-28(33-27(24)17-23)13-15-29(16-14-28)19-26(31)22-9-7-21(8-10-22)20-5-3-2-4-6-20/h2-12,17,25-26,30-31H,13-16,18-19H2,1H3. The number of methoxy groups -OCH3 is 1. The first-order valence-corrected chi connectivity index (χ1v) is 11.7. The van der Waals surface area contributed by atoms with E-state index in [0.29, 0.717) is 13.0 Å². The van der Waals surface area contributed by atoms with Crippen LogP contribution in [-0.4, -0.2) is 47.5 Å². The maximum absolute atomic E-state index is 10.8. The summed E-state index contributed by atoms with van der Waals surface area (Å²) >= 11 is 0. The van der Waals surface area contributed by atoms with Gasteiger partial charge in [-0.15, -0.1) is 0 Å². The Morgan fingerprint density at radius 2 is 1.70 bits per heavy atom. The van der Waals surface area contributed by atoms with Crippen LogP contribution >= 0.6 is 0 Å². The van der Waals surface area contributed by atoms with Crippen LogP contribution in [0, 0.1) is 0 Å². The number of ether oxygens (including phenoxy) is 2. The number of β-amino-alcohol motifs (C(OH)–C–C–N with tert-alkyl or cyclic N) is 1. The molecule has 2 heterocycles. The van der Waals surface area contributed by atoms with E-state index in [0.717, 1.165) is 54.1 Å². The van der Waals surface area contributed by atoms with Crippen molar-refractivity contribution in [2.45, 2.75) is 37.1 Å². The van der Waals surface area contributed by atoms with Crippen LogP contribution in [0.2, 0.25) is 0 Å². The number of aliphatic hydroxyl groups is 2. The summed E-state index contributed by atoms with van der Waals surface area (Å²) in [4.78, 5) is 2.29. The van der Waals surface area contributed by atoms with Gasteiger partial charge in [-0.2, -0.15) is 0 Å². The van der Waals surface area contributed by atoms with Crippen LogP contribution < -0.4 is 9.47 Å². The van der Waals surface area contributed by atoms with E-state index in [9.17, 15) is 10.2 Å². The Labute approximate surface area is 195 Å². The number of rotatable bonds is 5. The predicted molar refractivity (Wildman–Crippen MR) is 128 cm³/mol. The van der Waals surface area contributed by atoms with Crippen LogP contribution in [0.1, 0.15) is 42.6 Å². The lowest BCUT2D eigenvalue weighted by Crippen LogP contribution is -2.51. The van der Waals surface area contributed by atoms with E-state index in [1.807, 2.05) is 48.5 Å². The Balaban J connectivity index is 1.20. The normalized spacial score (nSPS) is 20.6. The van der Waals surface area contributed by atoms with Crippen LogP contribution in [0.25, 0.3) is 11.1 Å². The van der Waals surface area contributed by atoms with E-state index in [1.54, 1.807) is 7.11 Å². The van der Waals surface area contributed by atoms with Crippen molar-refractivity contribution in [1.82, 2.24) is 4.90 Å². The topological polar surface area (TPSA) is 62.2 Å². The van der Waals surface area contributed by atoms with Crippen molar-refractivity contribution in [3.05, 3.63) is 83.9 Å². The minimum Gasteiger partial charge on any atom is -0.497 e. The molecule has 5 heteroatoms. The van der Waals surface area contributed by atoms with Gasteiger partial charge in [-0.25, -0.2) is 0 Å². The summed E-state index contributed by atoms with van der Waals surface area (Å²) in [7, 11) is 1.63. The van der Waals surface area contributed by atoms with Gasteiger partial charge in [0.15, 0.2) is 0 Å². The Hall–Kier alpha value is -2.86. The molecule has 0 radical (unpaired) electrons. The van der Waals surface area contributed by atoms with Crippen LogP contribution in [0.4, 0.5) is 0 Å². The van der Waals surface area contributed by atoms with Gasteiger partial charge in [0.1, 0.15) is 17.1 Å². The lowest BCUT2D eigenvalue weighted by atomic mass is 9.81. The third-order valence-corrected chi connectivity index (χ3v) is 7.07. The average molecular weight is 446 g/mol. The van der Waals surface area contributed by atoms with Gasteiger partial charge in [-0.3, -0.25) is 0 Å². The van der Waals surface area contributed by atoms with Gasteiger partial charge >= 0.3 is 0 Å². The third kappa shape index (κ3) is 4.62. The van der Waals surface area contributed by atoms with E-state index in [1.165, 1.54) is 5.56 Å². The average Bonchev–Trinajstić information content (AvgIpc) is 2.86. The van der Waals surface area contributed by atoms with Gasteiger partial charge in [0.05, 0.1) is 19.3 Å². The highest BCUT2D eigenvalue weighted by molar-refractivity contribution is 5.63. The lowest BCUT2D eigenvalue weighted by molar-refractivity contribution is -0.0588. The molecular formula is C28H31NO4. The third-order valence-electron chi connectivity index (χ3n) is 7.07. The maximum atomic E-state index is 10.8. The number of likely N-dealkylation sites (tertiary alicyclic amines) is 1. The molecule has 2 unspecified atom stereocenters. The van der Waals surface area contributed by atoms with Crippen LogP contribution in [0.15, 0.2) is 72.8 Å². The van der Waals surface area contributed by atoms with E-state index >= 15 is 0 Å². The molecule has 0 aromatic heterocycles. The zero-order valence-corrected chi connectivity index (χ0v) is 19.0. The molecular weight excluding hydrogens is 414 g/mol. The second-order valence-electron chi connectivity index (χ2n) is 9.21. The summed E-state index contributed by atoms with van der Waals surface area (Å²) in [5.41, 5.74) is 3.72. The first-order chi connectivity index (χ1) is 16.0. The van der Waals surface area contributed by atoms with E-state index < -0.39 is 12.2 Å². The number of hydrogen-bond acceptors (Lipinski definition) is 5. The molecule has 0 aliphatic carbocycles. The largest absolute Gasteiger partial charge is 0.497 e. The van der Waals surface area contributed by atoms with Gasteiger partial charge in [0.2, 0.25) is 0 Å².